The number of carbonyl (C=O) groups excluding carboxylic acids is 1. The van der Waals surface area contributed by atoms with E-state index >= 15 is 0 Å². The van der Waals surface area contributed by atoms with Gasteiger partial charge >= 0.3 is 0 Å². The van der Waals surface area contributed by atoms with Crippen LogP contribution < -0.4 is 11.1 Å². The molecule has 2 rings (SSSR count). The highest BCUT2D eigenvalue weighted by Crippen LogP contribution is 2.31. The molecule has 2 aliphatic rings. The Morgan fingerprint density at radius 1 is 1.37 bits per heavy atom. The Kier molecular flexibility index (Phi) is 8.29. The van der Waals surface area contributed by atoms with Gasteiger partial charge in [0.1, 0.15) is 0 Å². The van der Waals surface area contributed by atoms with E-state index in [-0.39, 0.29) is 30.7 Å². The summed E-state index contributed by atoms with van der Waals surface area (Å²) in [7, 11) is 0. The average Bonchev–Trinajstić information content (AvgIpc) is 3.09. The predicted octanol–water partition coefficient (Wildman–Crippen LogP) is 1.70. The monoisotopic (exact) mass is 311 g/mol. The van der Waals surface area contributed by atoms with Gasteiger partial charge in [0, 0.05) is 19.1 Å². The summed E-state index contributed by atoms with van der Waals surface area (Å²) in [5, 5.41) is 2.97. The highest BCUT2D eigenvalue weighted by molar-refractivity contribution is 5.88. The number of nitrogens with two attached hydrogens (primary N) is 1. The van der Waals surface area contributed by atoms with Gasteiger partial charge in [0.15, 0.2) is 0 Å². The molecule has 1 saturated carbocycles. The molecule has 0 bridgehead atoms. The predicted molar refractivity (Wildman–Crippen MR) is 83.2 cm³/mol. The van der Waals surface area contributed by atoms with Gasteiger partial charge in [0.05, 0.1) is 5.54 Å². The molecule has 1 aliphatic carbocycles. The zero-order valence-corrected chi connectivity index (χ0v) is 13.3. The fourth-order valence-corrected chi connectivity index (χ4v) is 2.67. The number of hydrogen-bond acceptors (Lipinski definition) is 3. The number of likely N-dealkylation sites (tertiary alicyclic amines) is 1. The second-order valence-corrected chi connectivity index (χ2v) is 5.51. The van der Waals surface area contributed by atoms with E-state index in [1.54, 1.807) is 0 Å². The van der Waals surface area contributed by atoms with Crippen molar-refractivity contribution in [2.45, 2.75) is 57.0 Å². The van der Waals surface area contributed by atoms with Crippen LogP contribution >= 0.6 is 24.8 Å². The van der Waals surface area contributed by atoms with Gasteiger partial charge in [0.2, 0.25) is 5.91 Å². The minimum Gasteiger partial charge on any atom is -0.353 e. The summed E-state index contributed by atoms with van der Waals surface area (Å²) >= 11 is 0. The van der Waals surface area contributed by atoms with Gasteiger partial charge in [-0.15, -0.1) is 24.8 Å². The van der Waals surface area contributed by atoms with E-state index in [1.165, 1.54) is 32.2 Å². The molecule has 0 spiro atoms. The van der Waals surface area contributed by atoms with Gasteiger partial charge in [-0.05, 0) is 38.6 Å². The second kappa shape index (κ2) is 8.30. The van der Waals surface area contributed by atoms with E-state index < -0.39 is 5.54 Å². The van der Waals surface area contributed by atoms with Gasteiger partial charge < -0.3 is 11.1 Å². The minimum absolute atomic E-state index is 0. The number of nitrogens with zero attached hydrogens (tertiary/aromatic N) is 1. The molecule has 1 saturated heterocycles. The highest BCUT2D eigenvalue weighted by atomic mass is 35.5. The van der Waals surface area contributed by atoms with E-state index in [2.05, 4.69) is 17.1 Å². The summed E-state index contributed by atoms with van der Waals surface area (Å²) < 4.78 is 0. The van der Waals surface area contributed by atoms with E-state index in [0.717, 1.165) is 25.9 Å². The Morgan fingerprint density at radius 3 is 2.63 bits per heavy atom. The number of piperidine rings is 1. The zero-order valence-electron chi connectivity index (χ0n) is 11.7. The number of halogens is 2. The number of rotatable bonds is 5. The first-order chi connectivity index (χ1) is 8.15. The van der Waals surface area contributed by atoms with Crippen molar-refractivity contribution in [1.82, 2.24) is 10.2 Å². The van der Waals surface area contributed by atoms with E-state index in [9.17, 15) is 4.79 Å². The zero-order chi connectivity index (χ0) is 12.3. The third-order valence-electron chi connectivity index (χ3n) is 4.15. The Hall–Kier alpha value is -0.0300. The number of nitrogens with one attached hydrogen (secondary N) is 1. The largest absolute Gasteiger partial charge is 0.353 e. The molecule has 1 aliphatic heterocycles. The van der Waals surface area contributed by atoms with Crippen molar-refractivity contribution in [3.05, 3.63) is 0 Å². The van der Waals surface area contributed by atoms with E-state index in [1.807, 2.05) is 0 Å². The highest BCUT2D eigenvalue weighted by Gasteiger charge is 2.45. The van der Waals surface area contributed by atoms with Crippen LogP contribution in [0.3, 0.4) is 0 Å². The topological polar surface area (TPSA) is 58.4 Å². The van der Waals surface area contributed by atoms with Crippen molar-refractivity contribution in [2.75, 3.05) is 19.6 Å². The minimum atomic E-state index is -0.522. The molecule has 19 heavy (non-hydrogen) atoms. The Labute approximate surface area is 128 Å². The summed E-state index contributed by atoms with van der Waals surface area (Å²) in [5.74, 6) is 0.0440. The lowest BCUT2D eigenvalue weighted by molar-refractivity contribution is -0.123. The Balaban J connectivity index is 0.00000162. The van der Waals surface area contributed by atoms with Gasteiger partial charge in [-0.1, -0.05) is 13.3 Å². The van der Waals surface area contributed by atoms with Crippen LogP contribution in [0.2, 0.25) is 0 Å². The first-order valence-corrected chi connectivity index (χ1v) is 6.97. The Morgan fingerprint density at radius 2 is 2.05 bits per heavy atom. The van der Waals surface area contributed by atoms with Crippen molar-refractivity contribution < 1.29 is 4.79 Å². The van der Waals surface area contributed by atoms with Crippen LogP contribution in [-0.4, -0.2) is 42.0 Å². The first kappa shape index (κ1) is 19.0. The molecular formula is C13H27Cl2N3O. The fourth-order valence-electron chi connectivity index (χ4n) is 2.67. The molecule has 1 atom stereocenters. The van der Waals surface area contributed by atoms with Crippen LogP contribution in [-0.2, 0) is 4.79 Å². The van der Waals surface area contributed by atoms with Gasteiger partial charge in [0.25, 0.3) is 0 Å². The molecule has 4 nitrogen and oxygen atoms in total. The normalized spacial score (nSPS) is 24.8. The molecule has 0 aromatic rings. The van der Waals surface area contributed by atoms with Crippen LogP contribution in [0.5, 0.6) is 0 Å². The lowest BCUT2D eigenvalue weighted by atomic mass is 10.0. The molecule has 0 radical (unpaired) electrons. The van der Waals surface area contributed by atoms with Crippen molar-refractivity contribution in [3.63, 3.8) is 0 Å². The molecule has 0 aromatic heterocycles. The van der Waals surface area contributed by atoms with Crippen LogP contribution in [0.4, 0.5) is 0 Å². The quantitative estimate of drug-likeness (QED) is 0.812. The molecule has 2 fully saturated rings. The van der Waals surface area contributed by atoms with E-state index in [4.69, 9.17) is 5.73 Å². The lowest BCUT2D eigenvalue weighted by Crippen LogP contribution is -2.47. The van der Waals surface area contributed by atoms with E-state index in [0.29, 0.717) is 6.04 Å². The van der Waals surface area contributed by atoms with Crippen LogP contribution in [0.1, 0.15) is 45.4 Å². The van der Waals surface area contributed by atoms with Crippen LogP contribution in [0.25, 0.3) is 0 Å². The average molecular weight is 312 g/mol. The fraction of sp³-hybridized carbons (Fsp3) is 0.923. The summed E-state index contributed by atoms with van der Waals surface area (Å²) in [4.78, 5) is 14.2. The number of carbonyl (C=O) groups is 1. The van der Waals surface area contributed by atoms with Crippen molar-refractivity contribution >= 4 is 30.7 Å². The number of hydrogen-bond donors (Lipinski definition) is 2. The molecule has 6 heteroatoms. The summed E-state index contributed by atoms with van der Waals surface area (Å²) in [6, 6.07) is 0.716. The van der Waals surface area contributed by atoms with Crippen LogP contribution in [0, 0.1) is 0 Å². The summed E-state index contributed by atoms with van der Waals surface area (Å²) in [5.41, 5.74) is 5.32. The third-order valence-corrected chi connectivity index (χ3v) is 4.15. The second-order valence-electron chi connectivity index (χ2n) is 5.51. The van der Waals surface area contributed by atoms with Crippen molar-refractivity contribution in [1.29, 1.82) is 0 Å². The molecule has 1 unspecified atom stereocenters. The maximum Gasteiger partial charge on any atom is 0.240 e. The standard InChI is InChI=1S/C13H25N3O.2ClH/c1-2-11-5-3-4-9-16(11)10-8-15-12(17)13(14)6-7-13;;/h11H,2-10,14H2,1H3,(H,15,17);2*1H. The van der Waals surface area contributed by atoms with Crippen molar-refractivity contribution in [2.24, 2.45) is 5.73 Å². The maximum absolute atomic E-state index is 11.7. The van der Waals surface area contributed by atoms with Gasteiger partial charge in [-0.25, -0.2) is 0 Å². The first-order valence-electron chi connectivity index (χ1n) is 6.97. The summed E-state index contributed by atoms with van der Waals surface area (Å²) in [6.07, 6.45) is 6.87. The molecule has 3 N–H and O–H groups in total. The molecule has 0 aromatic carbocycles. The van der Waals surface area contributed by atoms with Gasteiger partial charge in [-0.2, -0.15) is 0 Å². The van der Waals surface area contributed by atoms with Crippen molar-refractivity contribution in [3.8, 4) is 0 Å². The van der Waals surface area contributed by atoms with Gasteiger partial charge in [-0.3, -0.25) is 9.69 Å². The lowest BCUT2D eigenvalue weighted by Gasteiger charge is -2.35. The smallest absolute Gasteiger partial charge is 0.240 e. The SMILES string of the molecule is CCC1CCCCN1CCNC(=O)C1(N)CC1.Cl.Cl. The molecular weight excluding hydrogens is 285 g/mol. The molecule has 1 heterocycles. The number of amides is 1. The Bertz CT molecular complexity index is 285. The maximum atomic E-state index is 11.7. The van der Waals surface area contributed by atoms with Crippen LogP contribution in [0.15, 0.2) is 0 Å². The molecule has 114 valence electrons. The third kappa shape index (κ3) is 5.10. The summed E-state index contributed by atoms with van der Waals surface area (Å²) in [6.45, 7) is 5.15. The molecule has 1 amide bonds.